The van der Waals surface area contributed by atoms with Gasteiger partial charge in [-0.25, -0.2) is 0 Å². The van der Waals surface area contributed by atoms with Crippen LogP contribution in [0.25, 0.3) is 0 Å². The summed E-state index contributed by atoms with van der Waals surface area (Å²) in [5.41, 5.74) is 2.43. The number of aryl methyl sites for hydroxylation is 1. The maximum Gasteiger partial charge on any atom is 0.238 e. The van der Waals surface area contributed by atoms with Gasteiger partial charge in [0.1, 0.15) is 0 Å². The molecule has 160 valence electrons. The summed E-state index contributed by atoms with van der Waals surface area (Å²) in [5.74, 6) is -0.146. The largest absolute Gasteiger partial charge is 0.379 e. The number of nitrogens with zero attached hydrogens (tertiary/aromatic N) is 2. The van der Waals surface area contributed by atoms with E-state index < -0.39 is 0 Å². The van der Waals surface area contributed by atoms with Gasteiger partial charge >= 0.3 is 0 Å². The fourth-order valence-corrected chi connectivity index (χ4v) is 3.55. The Morgan fingerprint density at radius 2 is 1.62 bits per heavy atom. The fourth-order valence-electron chi connectivity index (χ4n) is 3.55. The lowest BCUT2D eigenvalue weighted by atomic mass is 10.1. The topological polar surface area (TPSA) is 83.1 Å². The van der Waals surface area contributed by atoms with E-state index in [1.54, 1.807) is 0 Å². The van der Waals surface area contributed by atoms with Crippen LogP contribution in [0.4, 0.5) is 11.4 Å². The van der Waals surface area contributed by atoms with Gasteiger partial charge in [-0.1, -0.05) is 6.92 Å². The second-order valence-electron chi connectivity index (χ2n) is 7.77. The summed E-state index contributed by atoms with van der Waals surface area (Å²) in [4.78, 5) is 29.2. The molecule has 0 radical (unpaired) electrons. The van der Waals surface area contributed by atoms with Gasteiger partial charge in [-0.3, -0.25) is 19.4 Å². The molecule has 2 aliphatic heterocycles. The van der Waals surface area contributed by atoms with E-state index in [0.717, 1.165) is 62.9 Å². The van der Waals surface area contributed by atoms with Crippen molar-refractivity contribution in [3.05, 3.63) is 23.8 Å². The highest BCUT2D eigenvalue weighted by molar-refractivity contribution is 5.95. The Labute approximate surface area is 172 Å². The average Bonchev–Trinajstić information content (AvgIpc) is 2.71. The third kappa shape index (κ3) is 6.78. The molecule has 1 atom stereocenters. The van der Waals surface area contributed by atoms with E-state index in [4.69, 9.17) is 9.47 Å². The second kappa shape index (κ2) is 10.7. The van der Waals surface area contributed by atoms with Crippen molar-refractivity contribution in [1.29, 1.82) is 0 Å². The molecule has 8 nitrogen and oxygen atoms in total. The summed E-state index contributed by atoms with van der Waals surface area (Å²) in [6.45, 7) is 11.1. The molecule has 2 N–H and O–H groups in total. The molecule has 0 bridgehead atoms. The van der Waals surface area contributed by atoms with Gasteiger partial charge in [-0.15, -0.1) is 0 Å². The molecule has 3 rings (SSSR count). The molecule has 2 aliphatic rings. The van der Waals surface area contributed by atoms with Crippen molar-refractivity contribution in [3.63, 3.8) is 0 Å². The summed E-state index contributed by atoms with van der Waals surface area (Å²) in [6, 6.07) is 5.56. The van der Waals surface area contributed by atoms with Crippen LogP contribution < -0.4 is 10.6 Å². The number of anilines is 2. The molecule has 1 unspecified atom stereocenters. The maximum atomic E-state index is 12.5. The predicted molar refractivity (Wildman–Crippen MR) is 112 cm³/mol. The number of hydrogen-bond acceptors (Lipinski definition) is 6. The predicted octanol–water partition coefficient (Wildman–Crippen LogP) is 1.17. The van der Waals surface area contributed by atoms with Crippen LogP contribution in [-0.4, -0.2) is 87.3 Å². The highest BCUT2D eigenvalue weighted by atomic mass is 16.5. The number of carbonyl (C=O) groups is 2. The Morgan fingerprint density at radius 3 is 2.24 bits per heavy atom. The minimum absolute atomic E-state index is 0.00000479. The molecule has 2 heterocycles. The van der Waals surface area contributed by atoms with E-state index in [1.807, 2.05) is 32.0 Å². The van der Waals surface area contributed by atoms with Crippen LogP contribution in [0.5, 0.6) is 0 Å². The number of morpholine rings is 2. The molecular formula is C21H32N4O4. The zero-order valence-electron chi connectivity index (χ0n) is 17.4. The summed E-state index contributed by atoms with van der Waals surface area (Å²) >= 11 is 0. The maximum absolute atomic E-state index is 12.5. The molecule has 0 spiro atoms. The molecular weight excluding hydrogens is 372 g/mol. The van der Waals surface area contributed by atoms with Crippen molar-refractivity contribution in [2.75, 3.05) is 76.3 Å². The Kier molecular flexibility index (Phi) is 8.00. The number of hydrogen-bond donors (Lipinski definition) is 2. The highest BCUT2D eigenvalue weighted by Gasteiger charge is 2.19. The van der Waals surface area contributed by atoms with Crippen LogP contribution in [0, 0.1) is 12.8 Å². The third-order valence-electron chi connectivity index (χ3n) is 5.32. The molecule has 0 saturated carbocycles. The normalized spacial score (nSPS) is 19.5. The Hall–Kier alpha value is -2.00. The quantitative estimate of drug-likeness (QED) is 0.710. The van der Waals surface area contributed by atoms with Gasteiger partial charge in [0, 0.05) is 50.0 Å². The molecule has 8 heteroatoms. The van der Waals surface area contributed by atoms with Gasteiger partial charge in [-0.05, 0) is 30.7 Å². The first-order valence-corrected chi connectivity index (χ1v) is 10.3. The van der Waals surface area contributed by atoms with E-state index in [2.05, 4.69) is 20.4 Å². The van der Waals surface area contributed by atoms with Crippen LogP contribution in [0.2, 0.25) is 0 Å². The van der Waals surface area contributed by atoms with Crippen LogP contribution >= 0.6 is 0 Å². The smallest absolute Gasteiger partial charge is 0.238 e. The SMILES string of the molecule is Cc1cc(NC(=O)C(C)CN2CCOCC2)ccc1NC(=O)CN1CCOCC1. The van der Waals surface area contributed by atoms with Crippen molar-refractivity contribution in [2.24, 2.45) is 5.92 Å². The van der Waals surface area contributed by atoms with Gasteiger partial charge in [-0.2, -0.15) is 0 Å². The molecule has 29 heavy (non-hydrogen) atoms. The Balaban J connectivity index is 1.49. The summed E-state index contributed by atoms with van der Waals surface area (Å²) < 4.78 is 10.7. The minimum Gasteiger partial charge on any atom is -0.379 e. The summed E-state index contributed by atoms with van der Waals surface area (Å²) in [6.07, 6.45) is 0. The number of rotatable bonds is 7. The standard InChI is InChI=1S/C21H32N4O4/c1-16-13-18(22-21(27)17(2)14-24-5-9-28-10-6-24)3-4-19(16)23-20(26)15-25-7-11-29-12-8-25/h3-4,13,17H,5-12,14-15H2,1-2H3,(H,22,27)(H,23,26). The number of benzene rings is 1. The molecule has 2 fully saturated rings. The summed E-state index contributed by atoms with van der Waals surface area (Å²) in [5, 5.41) is 5.95. The van der Waals surface area contributed by atoms with Crippen molar-refractivity contribution in [3.8, 4) is 0 Å². The molecule has 2 saturated heterocycles. The van der Waals surface area contributed by atoms with Crippen LogP contribution in [0.1, 0.15) is 12.5 Å². The number of carbonyl (C=O) groups excluding carboxylic acids is 2. The van der Waals surface area contributed by atoms with Crippen molar-refractivity contribution < 1.29 is 19.1 Å². The van der Waals surface area contributed by atoms with Gasteiger partial charge in [0.25, 0.3) is 0 Å². The highest BCUT2D eigenvalue weighted by Crippen LogP contribution is 2.20. The Morgan fingerprint density at radius 1 is 1.00 bits per heavy atom. The Bertz CT molecular complexity index is 700. The van der Waals surface area contributed by atoms with E-state index in [0.29, 0.717) is 19.8 Å². The van der Waals surface area contributed by atoms with Crippen LogP contribution in [0.15, 0.2) is 18.2 Å². The molecule has 0 aromatic heterocycles. The minimum atomic E-state index is -0.110. The van der Waals surface area contributed by atoms with Gasteiger partial charge in [0.15, 0.2) is 0 Å². The second-order valence-corrected chi connectivity index (χ2v) is 7.77. The van der Waals surface area contributed by atoms with E-state index in [-0.39, 0.29) is 17.7 Å². The van der Waals surface area contributed by atoms with Gasteiger partial charge < -0.3 is 20.1 Å². The number of amides is 2. The average molecular weight is 405 g/mol. The zero-order valence-corrected chi connectivity index (χ0v) is 17.4. The fraction of sp³-hybridized carbons (Fsp3) is 0.619. The van der Waals surface area contributed by atoms with E-state index in [1.165, 1.54) is 0 Å². The zero-order chi connectivity index (χ0) is 20.6. The van der Waals surface area contributed by atoms with Crippen molar-refractivity contribution in [1.82, 2.24) is 9.80 Å². The van der Waals surface area contributed by atoms with E-state index in [9.17, 15) is 9.59 Å². The first-order chi connectivity index (χ1) is 14.0. The monoisotopic (exact) mass is 404 g/mol. The first kappa shape index (κ1) is 21.7. The van der Waals surface area contributed by atoms with Crippen LogP contribution in [0.3, 0.4) is 0 Å². The lowest BCUT2D eigenvalue weighted by molar-refractivity contribution is -0.120. The summed E-state index contributed by atoms with van der Waals surface area (Å²) in [7, 11) is 0. The third-order valence-corrected chi connectivity index (χ3v) is 5.32. The molecule has 1 aromatic carbocycles. The van der Waals surface area contributed by atoms with Crippen LogP contribution in [-0.2, 0) is 19.1 Å². The number of ether oxygens (including phenoxy) is 2. The lowest BCUT2D eigenvalue weighted by Crippen LogP contribution is -2.41. The van der Waals surface area contributed by atoms with E-state index >= 15 is 0 Å². The van der Waals surface area contributed by atoms with Gasteiger partial charge in [0.2, 0.25) is 11.8 Å². The van der Waals surface area contributed by atoms with Crippen molar-refractivity contribution >= 4 is 23.2 Å². The van der Waals surface area contributed by atoms with Crippen molar-refractivity contribution in [2.45, 2.75) is 13.8 Å². The first-order valence-electron chi connectivity index (χ1n) is 10.3. The molecule has 1 aromatic rings. The lowest BCUT2D eigenvalue weighted by Gasteiger charge is -2.28. The number of nitrogens with one attached hydrogen (secondary N) is 2. The molecule has 2 amide bonds. The molecule has 0 aliphatic carbocycles. The van der Waals surface area contributed by atoms with Gasteiger partial charge in [0.05, 0.1) is 33.0 Å².